The quantitative estimate of drug-likeness (QED) is 0.736. The van der Waals surface area contributed by atoms with Crippen molar-refractivity contribution in [1.29, 1.82) is 0 Å². The second-order valence-corrected chi connectivity index (χ2v) is 6.35. The fourth-order valence-electron chi connectivity index (χ4n) is 3.02. The Morgan fingerprint density at radius 2 is 2.33 bits per heavy atom. The largest absolute Gasteiger partial charge is 0.453 e. The van der Waals surface area contributed by atoms with Crippen molar-refractivity contribution < 1.29 is 18.7 Å². The monoisotopic (exact) mass is 358 g/mol. The van der Waals surface area contributed by atoms with Gasteiger partial charge in [0.05, 0.1) is 20.3 Å². The van der Waals surface area contributed by atoms with Crippen LogP contribution in [-0.2, 0) is 9.47 Å². The van der Waals surface area contributed by atoms with Crippen LogP contribution in [0.4, 0.5) is 9.18 Å². The smallest absolute Gasteiger partial charge is 0.406 e. The third-order valence-electron chi connectivity index (χ3n) is 4.22. The number of methoxy groups -OCH3 is 1. The van der Waals surface area contributed by atoms with Crippen LogP contribution >= 0.6 is 11.6 Å². The number of alkyl carbamates (subject to hydrolysis) is 1. The molecule has 0 radical (unpaired) electrons. The molecule has 1 heterocycles. The van der Waals surface area contributed by atoms with Gasteiger partial charge in [0, 0.05) is 17.5 Å². The van der Waals surface area contributed by atoms with Gasteiger partial charge < -0.3 is 20.1 Å². The van der Waals surface area contributed by atoms with Gasteiger partial charge in [-0.3, -0.25) is 0 Å². The first kappa shape index (κ1) is 19.0. The van der Waals surface area contributed by atoms with Gasteiger partial charge >= 0.3 is 6.09 Å². The van der Waals surface area contributed by atoms with E-state index < -0.39 is 6.09 Å². The lowest BCUT2D eigenvalue weighted by atomic mass is 9.82. The molecule has 1 aromatic rings. The maximum absolute atomic E-state index is 13.7. The predicted octanol–water partition coefficient (Wildman–Crippen LogP) is 2.93. The molecule has 1 aromatic carbocycles. The first-order chi connectivity index (χ1) is 11.6. The Hall–Kier alpha value is -1.37. The van der Waals surface area contributed by atoms with E-state index in [2.05, 4.69) is 15.4 Å². The molecule has 0 aromatic heterocycles. The molecule has 2 rings (SSSR count). The molecule has 5 nitrogen and oxygen atoms in total. The van der Waals surface area contributed by atoms with Crippen LogP contribution in [0.1, 0.15) is 24.3 Å². The lowest BCUT2D eigenvalue weighted by molar-refractivity contribution is 0.0977. The average Bonchev–Trinajstić information content (AvgIpc) is 2.57. The Kier molecular flexibility index (Phi) is 7.75. The fourth-order valence-corrected chi connectivity index (χ4v) is 3.25. The molecule has 1 aliphatic heterocycles. The Morgan fingerprint density at radius 1 is 1.50 bits per heavy atom. The number of halogens is 2. The molecule has 0 saturated carbocycles. The van der Waals surface area contributed by atoms with Crippen molar-refractivity contribution in [3.05, 3.63) is 34.6 Å². The molecule has 2 atom stereocenters. The van der Waals surface area contributed by atoms with Crippen molar-refractivity contribution >= 4 is 17.7 Å². The number of benzene rings is 1. The summed E-state index contributed by atoms with van der Waals surface area (Å²) in [7, 11) is 1.32. The van der Waals surface area contributed by atoms with Crippen LogP contribution in [-0.4, -0.2) is 46.1 Å². The third-order valence-corrected chi connectivity index (χ3v) is 4.43. The molecule has 0 bridgehead atoms. The summed E-state index contributed by atoms with van der Waals surface area (Å²) in [6.07, 6.45) is 1.67. The summed E-state index contributed by atoms with van der Waals surface area (Å²) in [5.41, 5.74) is 0.856. The van der Waals surface area contributed by atoms with Crippen molar-refractivity contribution in [3.63, 3.8) is 0 Å². The minimum atomic E-state index is -0.483. The van der Waals surface area contributed by atoms with E-state index >= 15 is 0 Å². The standard InChI is InChI=1S/C17H24ClFN2O3/c1-23-17(22)21-5-6-24-11-16(12-3-2-4-20-10-12)13-7-14(18)9-15(19)8-13/h7-9,12,16,20H,2-6,10-11H2,1H3,(H,21,22)/t12-,16?/m1/s1. The highest BCUT2D eigenvalue weighted by atomic mass is 35.5. The summed E-state index contributed by atoms with van der Waals surface area (Å²) in [5, 5.41) is 6.34. The highest BCUT2D eigenvalue weighted by molar-refractivity contribution is 6.30. The summed E-state index contributed by atoms with van der Waals surface area (Å²) in [6, 6.07) is 4.64. The SMILES string of the molecule is COC(=O)NCCOCC(c1cc(F)cc(Cl)c1)[C@@H]1CCCNC1. The molecule has 24 heavy (non-hydrogen) atoms. The number of amides is 1. The molecule has 134 valence electrons. The molecule has 1 amide bonds. The van der Waals surface area contributed by atoms with Crippen LogP contribution in [0.2, 0.25) is 5.02 Å². The minimum Gasteiger partial charge on any atom is -0.453 e. The molecule has 1 unspecified atom stereocenters. The molecule has 0 spiro atoms. The van der Waals surface area contributed by atoms with Gasteiger partial charge in [-0.2, -0.15) is 0 Å². The number of hydrogen-bond acceptors (Lipinski definition) is 4. The topological polar surface area (TPSA) is 59.6 Å². The molecular weight excluding hydrogens is 335 g/mol. The number of rotatable bonds is 7. The fraction of sp³-hybridized carbons (Fsp3) is 0.588. The van der Waals surface area contributed by atoms with Gasteiger partial charge in [0.15, 0.2) is 0 Å². The van der Waals surface area contributed by atoms with E-state index in [0.717, 1.165) is 31.5 Å². The van der Waals surface area contributed by atoms with Crippen LogP contribution in [0.15, 0.2) is 18.2 Å². The molecule has 7 heteroatoms. The summed E-state index contributed by atoms with van der Waals surface area (Å²) >= 11 is 6.01. The highest BCUT2D eigenvalue weighted by Crippen LogP contribution is 2.32. The van der Waals surface area contributed by atoms with E-state index in [1.165, 1.54) is 19.2 Å². The van der Waals surface area contributed by atoms with Crippen molar-refractivity contribution in [3.8, 4) is 0 Å². The number of nitrogens with one attached hydrogen (secondary N) is 2. The summed E-state index contributed by atoms with van der Waals surface area (Å²) in [6.45, 7) is 3.08. The zero-order valence-electron chi connectivity index (χ0n) is 13.8. The second kappa shape index (κ2) is 9.81. The summed E-state index contributed by atoms with van der Waals surface area (Å²) in [4.78, 5) is 11.0. The number of piperidine rings is 1. The van der Waals surface area contributed by atoms with Gasteiger partial charge in [-0.25, -0.2) is 9.18 Å². The third kappa shape index (κ3) is 5.92. The van der Waals surface area contributed by atoms with Crippen LogP contribution in [0, 0.1) is 11.7 Å². The Morgan fingerprint density at radius 3 is 3.00 bits per heavy atom. The maximum Gasteiger partial charge on any atom is 0.406 e. The van der Waals surface area contributed by atoms with E-state index in [1.807, 2.05) is 0 Å². The van der Waals surface area contributed by atoms with E-state index in [0.29, 0.717) is 30.7 Å². The Labute approximate surface area is 146 Å². The van der Waals surface area contributed by atoms with Gasteiger partial charge in [0.2, 0.25) is 0 Å². The van der Waals surface area contributed by atoms with Crippen LogP contribution < -0.4 is 10.6 Å². The van der Waals surface area contributed by atoms with Crippen LogP contribution in [0.25, 0.3) is 0 Å². The molecule has 0 aliphatic carbocycles. The van der Waals surface area contributed by atoms with Crippen LogP contribution in [0.5, 0.6) is 0 Å². The molecule has 1 fully saturated rings. The van der Waals surface area contributed by atoms with Gasteiger partial charge in [0.25, 0.3) is 0 Å². The second-order valence-electron chi connectivity index (χ2n) is 5.91. The van der Waals surface area contributed by atoms with Gasteiger partial charge in [-0.05, 0) is 55.6 Å². The van der Waals surface area contributed by atoms with Gasteiger partial charge in [-0.15, -0.1) is 0 Å². The number of carbonyl (C=O) groups is 1. The Balaban J connectivity index is 1.96. The lowest BCUT2D eigenvalue weighted by Crippen LogP contribution is -2.35. The maximum atomic E-state index is 13.7. The van der Waals surface area contributed by atoms with Crippen molar-refractivity contribution in [2.24, 2.45) is 5.92 Å². The normalized spacial score (nSPS) is 18.9. The molecule has 2 N–H and O–H groups in total. The van der Waals surface area contributed by atoms with Crippen molar-refractivity contribution in [1.82, 2.24) is 10.6 Å². The minimum absolute atomic E-state index is 0.0594. The number of carbonyl (C=O) groups excluding carboxylic acids is 1. The number of hydrogen-bond donors (Lipinski definition) is 2. The molecular formula is C17H24ClFN2O3. The van der Waals surface area contributed by atoms with E-state index in [9.17, 15) is 9.18 Å². The Bertz CT molecular complexity index is 518. The molecule has 1 aliphatic rings. The molecule has 1 saturated heterocycles. The van der Waals surface area contributed by atoms with Gasteiger partial charge in [-0.1, -0.05) is 11.6 Å². The first-order valence-corrected chi connectivity index (χ1v) is 8.54. The van der Waals surface area contributed by atoms with Crippen molar-refractivity contribution in [2.45, 2.75) is 18.8 Å². The van der Waals surface area contributed by atoms with E-state index in [-0.39, 0.29) is 11.7 Å². The zero-order chi connectivity index (χ0) is 17.4. The lowest BCUT2D eigenvalue weighted by Gasteiger charge is -2.31. The summed E-state index contributed by atoms with van der Waals surface area (Å²) in [5.74, 6) is 0.0907. The average molecular weight is 359 g/mol. The van der Waals surface area contributed by atoms with Crippen molar-refractivity contribution in [2.75, 3.05) is 40.0 Å². The predicted molar refractivity (Wildman–Crippen MR) is 91.0 cm³/mol. The highest BCUT2D eigenvalue weighted by Gasteiger charge is 2.26. The van der Waals surface area contributed by atoms with E-state index in [4.69, 9.17) is 16.3 Å². The number of ether oxygens (including phenoxy) is 2. The van der Waals surface area contributed by atoms with Gasteiger partial charge in [0.1, 0.15) is 5.82 Å². The van der Waals surface area contributed by atoms with E-state index in [1.54, 1.807) is 6.07 Å². The zero-order valence-corrected chi connectivity index (χ0v) is 14.6. The first-order valence-electron chi connectivity index (χ1n) is 8.16. The van der Waals surface area contributed by atoms with Crippen LogP contribution in [0.3, 0.4) is 0 Å². The summed E-state index contributed by atoms with van der Waals surface area (Å²) < 4.78 is 23.9.